The number of rotatable bonds is 3. The summed E-state index contributed by atoms with van der Waals surface area (Å²) < 4.78 is 27.0. The van der Waals surface area contributed by atoms with Crippen molar-refractivity contribution in [2.24, 2.45) is 5.14 Å². The molecule has 132 valence electrons. The van der Waals surface area contributed by atoms with Gasteiger partial charge < -0.3 is 4.18 Å². The van der Waals surface area contributed by atoms with Gasteiger partial charge in [-0.3, -0.25) is 4.79 Å². The maximum Gasteiger partial charge on any atom is 0.380 e. The van der Waals surface area contributed by atoms with Crippen LogP contribution in [0.5, 0.6) is 5.75 Å². The van der Waals surface area contributed by atoms with E-state index in [1.165, 1.54) is 28.3 Å². The van der Waals surface area contributed by atoms with Crippen LogP contribution in [0.3, 0.4) is 0 Å². The van der Waals surface area contributed by atoms with Crippen LogP contribution in [0.15, 0.2) is 30.3 Å². The zero-order valence-electron chi connectivity index (χ0n) is 14.5. The summed E-state index contributed by atoms with van der Waals surface area (Å²) in [6.07, 6.45) is 1.11. The standard InChI is InChI=1S/C19H21NO4S/c1-11-4-6-17(13(3)12(11)2)15-8-14-9-16(24-25(20,22)23)5-7-18(14)19(21)10-15/h4-7,9,15H,8,10H2,1-3H3,(H2,20,22,23). The van der Waals surface area contributed by atoms with Gasteiger partial charge in [0, 0.05) is 12.0 Å². The highest BCUT2D eigenvalue weighted by molar-refractivity contribution is 7.84. The van der Waals surface area contributed by atoms with Gasteiger partial charge in [-0.25, -0.2) is 0 Å². The van der Waals surface area contributed by atoms with Crippen LogP contribution in [0.1, 0.15) is 50.5 Å². The number of benzene rings is 2. The molecule has 0 spiro atoms. The molecular weight excluding hydrogens is 338 g/mol. The smallest absolute Gasteiger partial charge is 0.371 e. The zero-order valence-corrected chi connectivity index (χ0v) is 15.3. The summed E-state index contributed by atoms with van der Waals surface area (Å²) in [5, 5.41) is 4.92. The lowest BCUT2D eigenvalue weighted by Gasteiger charge is -2.26. The van der Waals surface area contributed by atoms with Crippen molar-refractivity contribution < 1.29 is 17.4 Å². The quantitative estimate of drug-likeness (QED) is 0.912. The Bertz CT molecular complexity index is 964. The van der Waals surface area contributed by atoms with Crippen LogP contribution in [0, 0.1) is 20.8 Å². The summed E-state index contributed by atoms with van der Waals surface area (Å²) in [6.45, 7) is 6.24. The number of ketones is 1. The van der Waals surface area contributed by atoms with Crippen LogP contribution >= 0.6 is 0 Å². The highest BCUT2D eigenvalue weighted by Gasteiger charge is 2.28. The van der Waals surface area contributed by atoms with Gasteiger partial charge in [0.15, 0.2) is 5.78 Å². The molecule has 25 heavy (non-hydrogen) atoms. The average molecular weight is 359 g/mol. The van der Waals surface area contributed by atoms with Crippen molar-refractivity contribution in [3.05, 3.63) is 63.7 Å². The van der Waals surface area contributed by atoms with E-state index >= 15 is 0 Å². The summed E-state index contributed by atoms with van der Waals surface area (Å²) in [6, 6.07) is 8.84. The average Bonchev–Trinajstić information content (AvgIpc) is 2.50. The summed E-state index contributed by atoms with van der Waals surface area (Å²) >= 11 is 0. The highest BCUT2D eigenvalue weighted by atomic mass is 32.2. The number of aryl methyl sites for hydroxylation is 1. The van der Waals surface area contributed by atoms with E-state index in [-0.39, 0.29) is 17.5 Å². The fraction of sp³-hybridized carbons (Fsp3) is 0.316. The number of carbonyl (C=O) groups excluding carboxylic acids is 1. The van der Waals surface area contributed by atoms with Gasteiger partial charge in [0.1, 0.15) is 5.75 Å². The molecule has 0 fully saturated rings. The first kappa shape index (κ1) is 17.6. The summed E-state index contributed by atoms with van der Waals surface area (Å²) in [7, 11) is -4.08. The largest absolute Gasteiger partial charge is 0.380 e. The van der Waals surface area contributed by atoms with Crippen LogP contribution in [-0.2, 0) is 16.7 Å². The molecule has 1 atom stereocenters. The Balaban J connectivity index is 1.98. The Labute approximate surface area is 148 Å². The molecule has 5 nitrogen and oxygen atoms in total. The molecular formula is C19H21NO4S. The third kappa shape index (κ3) is 3.60. The van der Waals surface area contributed by atoms with E-state index in [1.807, 2.05) is 0 Å². The number of fused-ring (bicyclic) bond motifs is 1. The number of carbonyl (C=O) groups is 1. The lowest BCUT2D eigenvalue weighted by Crippen LogP contribution is -2.21. The van der Waals surface area contributed by atoms with Crippen molar-refractivity contribution >= 4 is 16.1 Å². The van der Waals surface area contributed by atoms with E-state index in [4.69, 9.17) is 9.32 Å². The Morgan fingerprint density at radius 3 is 2.44 bits per heavy atom. The molecule has 0 heterocycles. The fourth-order valence-corrected chi connectivity index (χ4v) is 3.88. The topological polar surface area (TPSA) is 86.5 Å². The Kier molecular flexibility index (Phi) is 4.43. The number of Topliss-reactive ketones (excluding diaryl/α,β-unsaturated/α-hetero) is 1. The second-order valence-corrected chi connectivity index (χ2v) is 7.80. The molecule has 1 aliphatic rings. The molecule has 0 amide bonds. The molecule has 0 radical (unpaired) electrons. The van der Waals surface area contributed by atoms with Crippen molar-refractivity contribution in [3.8, 4) is 5.75 Å². The first-order chi connectivity index (χ1) is 11.7. The van der Waals surface area contributed by atoms with E-state index in [9.17, 15) is 13.2 Å². The van der Waals surface area contributed by atoms with E-state index in [1.54, 1.807) is 12.1 Å². The van der Waals surface area contributed by atoms with Gasteiger partial charge >= 0.3 is 10.3 Å². The first-order valence-electron chi connectivity index (χ1n) is 8.10. The molecule has 3 rings (SSSR count). The maximum absolute atomic E-state index is 12.5. The van der Waals surface area contributed by atoms with Gasteiger partial charge in [-0.05, 0) is 79.1 Å². The molecule has 2 aromatic rings. The summed E-state index contributed by atoms with van der Waals surface area (Å²) in [5.41, 5.74) is 6.26. The van der Waals surface area contributed by atoms with Gasteiger partial charge in [0.05, 0.1) is 0 Å². The monoisotopic (exact) mass is 359 g/mol. The molecule has 2 aromatic carbocycles. The van der Waals surface area contributed by atoms with E-state index < -0.39 is 10.3 Å². The summed E-state index contributed by atoms with van der Waals surface area (Å²) in [4.78, 5) is 12.5. The Morgan fingerprint density at radius 2 is 1.76 bits per heavy atom. The van der Waals surface area contributed by atoms with Gasteiger partial charge in [0.2, 0.25) is 0 Å². The molecule has 0 aliphatic heterocycles. The molecule has 0 bridgehead atoms. The lowest BCUT2D eigenvalue weighted by molar-refractivity contribution is 0.0964. The Morgan fingerprint density at radius 1 is 1.04 bits per heavy atom. The zero-order chi connectivity index (χ0) is 18.4. The van der Waals surface area contributed by atoms with Crippen LogP contribution in [0.4, 0.5) is 0 Å². The van der Waals surface area contributed by atoms with Crippen molar-refractivity contribution in [1.82, 2.24) is 0 Å². The molecule has 1 unspecified atom stereocenters. The number of nitrogens with two attached hydrogens (primary N) is 1. The minimum Gasteiger partial charge on any atom is -0.371 e. The van der Waals surface area contributed by atoms with Crippen molar-refractivity contribution in [3.63, 3.8) is 0 Å². The van der Waals surface area contributed by atoms with Crippen LogP contribution in [0.25, 0.3) is 0 Å². The SMILES string of the molecule is Cc1ccc(C2CC(=O)c3ccc(OS(N)(=O)=O)cc3C2)c(C)c1C. The van der Waals surface area contributed by atoms with E-state index in [0.717, 1.165) is 5.56 Å². The third-order valence-electron chi connectivity index (χ3n) is 5.03. The van der Waals surface area contributed by atoms with Gasteiger partial charge in [-0.15, -0.1) is 0 Å². The van der Waals surface area contributed by atoms with Crippen molar-refractivity contribution in [1.29, 1.82) is 0 Å². The molecule has 0 aromatic heterocycles. The van der Waals surface area contributed by atoms with Gasteiger partial charge in [-0.1, -0.05) is 12.1 Å². The third-order valence-corrected chi connectivity index (χ3v) is 5.45. The minimum absolute atomic E-state index is 0.0611. The number of hydrogen-bond donors (Lipinski definition) is 1. The van der Waals surface area contributed by atoms with Crippen LogP contribution in [0.2, 0.25) is 0 Å². The first-order valence-corrected chi connectivity index (χ1v) is 9.58. The van der Waals surface area contributed by atoms with Crippen LogP contribution in [-0.4, -0.2) is 14.2 Å². The van der Waals surface area contributed by atoms with Gasteiger partial charge in [-0.2, -0.15) is 13.6 Å². The minimum atomic E-state index is -4.08. The van der Waals surface area contributed by atoms with E-state index in [0.29, 0.717) is 18.4 Å². The van der Waals surface area contributed by atoms with Crippen LogP contribution < -0.4 is 9.32 Å². The predicted molar refractivity (Wildman–Crippen MR) is 96.2 cm³/mol. The highest BCUT2D eigenvalue weighted by Crippen LogP contribution is 2.36. The predicted octanol–water partition coefficient (Wildman–Crippen LogP) is 3.11. The molecule has 0 saturated heterocycles. The van der Waals surface area contributed by atoms with Crippen molar-refractivity contribution in [2.75, 3.05) is 0 Å². The molecule has 2 N–H and O–H groups in total. The number of hydrogen-bond acceptors (Lipinski definition) is 4. The van der Waals surface area contributed by atoms with Crippen molar-refractivity contribution in [2.45, 2.75) is 39.5 Å². The van der Waals surface area contributed by atoms with E-state index in [2.05, 4.69) is 32.9 Å². The summed E-state index contributed by atoms with van der Waals surface area (Å²) in [5.74, 6) is 0.265. The lowest BCUT2D eigenvalue weighted by atomic mass is 9.77. The second kappa shape index (κ2) is 6.28. The normalized spacial score (nSPS) is 17.3. The molecule has 0 saturated carbocycles. The fourth-order valence-electron chi connectivity index (χ4n) is 3.51. The maximum atomic E-state index is 12.5. The Hall–Kier alpha value is -2.18. The van der Waals surface area contributed by atoms with Gasteiger partial charge in [0.25, 0.3) is 0 Å². The second-order valence-electron chi connectivity index (χ2n) is 6.65. The molecule has 1 aliphatic carbocycles. The molecule has 6 heteroatoms.